The number of hydrogen-bond acceptors (Lipinski definition) is 4. The highest BCUT2D eigenvalue weighted by Gasteiger charge is 2.20. The van der Waals surface area contributed by atoms with Crippen LogP contribution in [-0.2, 0) is 0 Å². The quantitative estimate of drug-likeness (QED) is 0.0875. The van der Waals surface area contributed by atoms with Gasteiger partial charge in [-0.1, -0.05) is 76.1 Å². The summed E-state index contributed by atoms with van der Waals surface area (Å²) in [6.45, 7) is 1.91. The molecule has 0 aliphatic carbocycles. The molecule has 0 unspecified atom stereocenters. The molecule has 0 fully saturated rings. The number of hydrogen-bond donors (Lipinski definition) is 2. The lowest BCUT2D eigenvalue weighted by molar-refractivity contribution is 0.0734. The average molecular weight is 631 g/mol. The number of fused-ring (bicyclic) bond motifs is 1. The van der Waals surface area contributed by atoms with Gasteiger partial charge in [-0.15, -0.1) is 0 Å². The topological polar surface area (TPSA) is 83.5 Å². The highest BCUT2D eigenvalue weighted by molar-refractivity contribution is 9.11. The molecule has 1 aromatic heterocycles. The molecule has 1 amide bonds. The zero-order valence-corrected chi connectivity index (χ0v) is 23.3. The summed E-state index contributed by atoms with van der Waals surface area (Å²) in [5, 5.41) is 5.09. The van der Waals surface area contributed by atoms with Crippen molar-refractivity contribution in [1.29, 1.82) is 0 Å². The van der Waals surface area contributed by atoms with E-state index in [1.54, 1.807) is 36.4 Å². The third-order valence-corrected chi connectivity index (χ3v) is 7.02. The van der Waals surface area contributed by atoms with Crippen molar-refractivity contribution in [2.75, 3.05) is 0 Å². The average Bonchev–Trinajstić information content (AvgIpc) is 3.32. The van der Waals surface area contributed by atoms with Gasteiger partial charge in [0.2, 0.25) is 0 Å². The summed E-state index contributed by atoms with van der Waals surface area (Å²) in [6, 6.07) is 27.9. The van der Waals surface area contributed by atoms with Gasteiger partial charge in [-0.3, -0.25) is 4.79 Å². The number of esters is 1. The second-order valence-corrected chi connectivity index (χ2v) is 10.3. The molecule has 38 heavy (non-hydrogen) atoms. The summed E-state index contributed by atoms with van der Waals surface area (Å²) in [7, 11) is 0. The number of benzene rings is 4. The summed E-state index contributed by atoms with van der Waals surface area (Å²) < 4.78 is 7.26. The summed E-state index contributed by atoms with van der Waals surface area (Å²) in [4.78, 5) is 29.2. The van der Waals surface area contributed by atoms with Crippen LogP contribution in [0.2, 0.25) is 0 Å². The summed E-state index contributed by atoms with van der Waals surface area (Å²) in [5.41, 5.74) is 7.42. The van der Waals surface area contributed by atoms with Gasteiger partial charge in [-0.25, -0.2) is 10.2 Å². The Labute approximate surface area is 236 Å². The van der Waals surface area contributed by atoms with Crippen LogP contribution in [0.15, 0.2) is 105 Å². The second-order valence-electron chi connectivity index (χ2n) is 8.54. The molecule has 0 saturated carbocycles. The number of aryl methyl sites for hydroxylation is 1. The Balaban J connectivity index is 1.42. The first kappa shape index (κ1) is 25.6. The third kappa shape index (κ3) is 5.46. The van der Waals surface area contributed by atoms with E-state index in [4.69, 9.17) is 4.74 Å². The standard InChI is InChI=1S/C30H21Br2N3O3/c1-18-7-5-10-20(15-18)30(37)38-25-14-13-22(31)16-21(25)17-33-35-29(36)28-26(19-8-3-2-4-9-19)23-11-6-12-24(32)27(23)34-28/h2-17,34H,1H3,(H,35,36). The third-order valence-electron chi connectivity index (χ3n) is 5.87. The number of nitrogens with one attached hydrogen (secondary N) is 2. The van der Waals surface area contributed by atoms with E-state index in [1.807, 2.05) is 61.5 Å². The monoisotopic (exact) mass is 629 g/mol. The molecule has 0 saturated heterocycles. The Kier molecular flexibility index (Phi) is 7.53. The van der Waals surface area contributed by atoms with Crippen molar-refractivity contribution in [2.45, 2.75) is 6.92 Å². The molecule has 0 aliphatic heterocycles. The van der Waals surface area contributed by atoms with Crippen molar-refractivity contribution >= 4 is 60.9 Å². The Bertz CT molecular complexity index is 1690. The van der Waals surface area contributed by atoms with Crippen LogP contribution in [0.25, 0.3) is 22.0 Å². The molecule has 5 rings (SSSR count). The number of halogens is 2. The Morgan fingerprint density at radius 2 is 1.71 bits per heavy atom. The minimum Gasteiger partial charge on any atom is -0.422 e. The van der Waals surface area contributed by atoms with Gasteiger partial charge in [0.05, 0.1) is 17.3 Å². The fourth-order valence-electron chi connectivity index (χ4n) is 4.12. The number of aromatic nitrogens is 1. The minimum atomic E-state index is -0.481. The van der Waals surface area contributed by atoms with E-state index in [2.05, 4.69) is 47.4 Å². The smallest absolute Gasteiger partial charge is 0.343 e. The molecular weight excluding hydrogens is 610 g/mol. The first-order valence-corrected chi connectivity index (χ1v) is 13.3. The number of rotatable bonds is 6. The van der Waals surface area contributed by atoms with Crippen LogP contribution in [0, 0.1) is 6.92 Å². The lowest BCUT2D eigenvalue weighted by atomic mass is 10.0. The zero-order chi connectivity index (χ0) is 26.6. The predicted molar refractivity (Wildman–Crippen MR) is 157 cm³/mol. The molecule has 5 aromatic rings. The van der Waals surface area contributed by atoms with Crippen LogP contribution >= 0.6 is 31.9 Å². The maximum absolute atomic E-state index is 13.3. The number of carbonyl (C=O) groups is 2. The Morgan fingerprint density at radius 3 is 2.50 bits per heavy atom. The van der Waals surface area contributed by atoms with Crippen molar-refractivity contribution in [3.8, 4) is 16.9 Å². The van der Waals surface area contributed by atoms with Crippen molar-refractivity contribution in [1.82, 2.24) is 10.4 Å². The van der Waals surface area contributed by atoms with Crippen LogP contribution in [0.3, 0.4) is 0 Å². The highest BCUT2D eigenvalue weighted by atomic mass is 79.9. The van der Waals surface area contributed by atoms with Crippen molar-refractivity contribution in [2.24, 2.45) is 5.10 Å². The lowest BCUT2D eigenvalue weighted by Gasteiger charge is -2.09. The number of para-hydroxylation sites is 1. The molecule has 0 aliphatic rings. The number of carbonyl (C=O) groups excluding carboxylic acids is 2. The van der Waals surface area contributed by atoms with Gasteiger partial charge in [-0.2, -0.15) is 5.10 Å². The van der Waals surface area contributed by atoms with Gasteiger partial charge >= 0.3 is 5.97 Å². The zero-order valence-electron chi connectivity index (χ0n) is 20.2. The van der Waals surface area contributed by atoms with Gasteiger partial charge < -0.3 is 9.72 Å². The number of amides is 1. The van der Waals surface area contributed by atoms with E-state index in [9.17, 15) is 9.59 Å². The van der Waals surface area contributed by atoms with Crippen LogP contribution in [0.1, 0.15) is 32.0 Å². The van der Waals surface area contributed by atoms with Crippen LogP contribution < -0.4 is 10.2 Å². The van der Waals surface area contributed by atoms with Gasteiger partial charge in [0.25, 0.3) is 5.91 Å². The van der Waals surface area contributed by atoms with E-state index < -0.39 is 11.9 Å². The molecular formula is C30H21Br2N3O3. The van der Waals surface area contributed by atoms with E-state index in [0.717, 1.165) is 36.5 Å². The molecule has 8 heteroatoms. The summed E-state index contributed by atoms with van der Waals surface area (Å²) in [5.74, 6) is -0.570. The fraction of sp³-hybridized carbons (Fsp3) is 0.0333. The minimum absolute atomic E-state index is 0.317. The van der Waals surface area contributed by atoms with E-state index in [-0.39, 0.29) is 0 Å². The summed E-state index contributed by atoms with van der Waals surface area (Å²) >= 11 is 7.00. The molecule has 6 nitrogen and oxygen atoms in total. The molecule has 0 radical (unpaired) electrons. The number of hydrazone groups is 1. The van der Waals surface area contributed by atoms with Crippen LogP contribution in [-0.4, -0.2) is 23.1 Å². The number of aromatic amines is 1. The Morgan fingerprint density at radius 1 is 0.921 bits per heavy atom. The molecule has 188 valence electrons. The highest BCUT2D eigenvalue weighted by Crippen LogP contribution is 2.35. The van der Waals surface area contributed by atoms with Gasteiger partial charge in [0, 0.05) is 25.5 Å². The van der Waals surface area contributed by atoms with Crippen LogP contribution in [0.5, 0.6) is 5.75 Å². The SMILES string of the molecule is Cc1cccc(C(=O)Oc2ccc(Br)cc2C=NNC(=O)c2[nH]c3c(Br)cccc3c2-c2ccccc2)c1. The largest absolute Gasteiger partial charge is 0.422 e. The molecule has 0 spiro atoms. The first-order chi connectivity index (χ1) is 18.4. The fourth-order valence-corrected chi connectivity index (χ4v) is 4.96. The first-order valence-electron chi connectivity index (χ1n) is 11.7. The number of ether oxygens (including phenoxy) is 1. The van der Waals surface area contributed by atoms with Crippen molar-refractivity contribution in [3.05, 3.63) is 122 Å². The number of H-pyrrole nitrogens is 1. The van der Waals surface area contributed by atoms with Gasteiger partial charge in [-0.05, 0) is 64.8 Å². The maximum atomic E-state index is 13.3. The summed E-state index contributed by atoms with van der Waals surface area (Å²) in [6.07, 6.45) is 1.45. The Hall–Kier alpha value is -4.01. The second kappa shape index (κ2) is 11.2. The predicted octanol–water partition coefficient (Wildman–Crippen LogP) is 7.65. The van der Waals surface area contributed by atoms with Crippen molar-refractivity contribution < 1.29 is 14.3 Å². The van der Waals surface area contributed by atoms with E-state index in [1.165, 1.54) is 6.21 Å². The molecule has 0 atom stereocenters. The van der Waals surface area contributed by atoms with Gasteiger partial charge in [0.15, 0.2) is 0 Å². The van der Waals surface area contributed by atoms with Crippen molar-refractivity contribution in [3.63, 3.8) is 0 Å². The lowest BCUT2D eigenvalue weighted by Crippen LogP contribution is -2.19. The van der Waals surface area contributed by atoms with E-state index >= 15 is 0 Å². The van der Waals surface area contributed by atoms with Gasteiger partial charge in [0.1, 0.15) is 11.4 Å². The normalized spacial score (nSPS) is 11.1. The van der Waals surface area contributed by atoms with E-state index in [0.29, 0.717) is 22.6 Å². The molecule has 1 heterocycles. The number of nitrogens with zero attached hydrogens (tertiary/aromatic N) is 1. The maximum Gasteiger partial charge on any atom is 0.343 e. The molecule has 0 bridgehead atoms. The molecule has 2 N–H and O–H groups in total. The molecule has 4 aromatic carbocycles. The van der Waals surface area contributed by atoms with Crippen LogP contribution in [0.4, 0.5) is 0 Å².